The van der Waals surface area contributed by atoms with Crippen LogP contribution in [0.5, 0.6) is 11.5 Å². The van der Waals surface area contributed by atoms with Crippen LogP contribution in [-0.4, -0.2) is 11.9 Å². The largest absolute Gasteiger partial charge is 0.423 e. The van der Waals surface area contributed by atoms with Crippen molar-refractivity contribution in [2.24, 2.45) is 0 Å². The topological polar surface area (TPSA) is 105 Å². The van der Waals surface area contributed by atoms with Gasteiger partial charge in [0.05, 0.1) is 16.7 Å². The van der Waals surface area contributed by atoms with Gasteiger partial charge in [0.1, 0.15) is 11.5 Å². The fourth-order valence-corrected chi connectivity index (χ4v) is 2.53. The molecule has 3 aromatic rings. The Morgan fingerprint density at radius 2 is 1.30 bits per heavy atom. The van der Waals surface area contributed by atoms with E-state index in [1.807, 2.05) is 0 Å². The molecule has 30 heavy (non-hydrogen) atoms. The molecule has 0 bridgehead atoms. The van der Waals surface area contributed by atoms with Crippen LogP contribution in [0.25, 0.3) is 0 Å². The van der Waals surface area contributed by atoms with Gasteiger partial charge in [-0.05, 0) is 48.5 Å². The Bertz CT molecular complexity index is 1110. The van der Waals surface area contributed by atoms with Crippen molar-refractivity contribution in [1.82, 2.24) is 0 Å². The summed E-state index contributed by atoms with van der Waals surface area (Å²) in [5.74, 6) is -1.66. The lowest BCUT2D eigenvalue weighted by molar-refractivity contribution is -0.136. The zero-order valence-electron chi connectivity index (χ0n) is 15.3. The van der Waals surface area contributed by atoms with Crippen molar-refractivity contribution in [3.63, 3.8) is 0 Å². The van der Waals surface area contributed by atoms with Gasteiger partial charge in [-0.2, -0.15) is 13.2 Å². The van der Waals surface area contributed by atoms with Crippen LogP contribution in [0.4, 0.5) is 24.5 Å². The highest BCUT2D eigenvalue weighted by Gasteiger charge is 2.33. The van der Waals surface area contributed by atoms with E-state index in [1.165, 1.54) is 36.4 Å². The second kappa shape index (κ2) is 8.16. The molecule has 4 N–H and O–H groups in total. The van der Waals surface area contributed by atoms with Crippen LogP contribution in [0.15, 0.2) is 66.7 Å². The lowest BCUT2D eigenvalue weighted by Crippen LogP contribution is -2.14. The van der Waals surface area contributed by atoms with E-state index in [-0.39, 0.29) is 22.6 Å². The van der Waals surface area contributed by atoms with Crippen LogP contribution in [0, 0.1) is 0 Å². The van der Waals surface area contributed by atoms with Crippen molar-refractivity contribution < 1.29 is 32.2 Å². The van der Waals surface area contributed by atoms with Crippen LogP contribution in [0.2, 0.25) is 0 Å². The predicted octanol–water partition coefficient (Wildman–Crippen LogP) is 4.31. The first-order valence-corrected chi connectivity index (χ1v) is 8.50. The number of benzene rings is 3. The summed E-state index contributed by atoms with van der Waals surface area (Å²) in [6.45, 7) is 0. The molecule has 0 radical (unpaired) electrons. The third kappa shape index (κ3) is 4.88. The Balaban J connectivity index is 1.75. The van der Waals surface area contributed by atoms with Crippen LogP contribution >= 0.6 is 0 Å². The standard InChI is InChI=1S/C21H15F3N2O4/c22-21(23,24)17-10-13(7-8-18(17)26)20(28)30-16-6-2-5-15(11-16)29-19(27)12-3-1-4-14(25)9-12/h1-11H,25-26H2. The number of nitrogen functional groups attached to an aromatic ring is 2. The van der Waals surface area contributed by atoms with Crippen LogP contribution in [0.1, 0.15) is 26.3 Å². The van der Waals surface area contributed by atoms with Gasteiger partial charge < -0.3 is 20.9 Å². The molecule has 0 fully saturated rings. The van der Waals surface area contributed by atoms with Gasteiger partial charge >= 0.3 is 18.1 Å². The molecule has 0 spiro atoms. The van der Waals surface area contributed by atoms with E-state index in [4.69, 9.17) is 20.9 Å². The number of nitrogens with two attached hydrogens (primary N) is 2. The molecule has 3 aromatic carbocycles. The van der Waals surface area contributed by atoms with Crippen molar-refractivity contribution >= 4 is 23.3 Å². The van der Waals surface area contributed by atoms with Gasteiger partial charge in [0.2, 0.25) is 0 Å². The Hall–Kier alpha value is -4.01. The van der Waals surface area contributed by atoms with Gasteiger partial charge in [-0.15, -0.1) is 0 Å². The Morgan fingerprint density at radius 1 is 0.733 bits per heavy atom. The van der Waals surface area contributed by atoms with E-state index in [1.54, 1.807) is 12.1 Å². The summed E-state index contributed by atoms with van der Waals surface area (Å²) in [5.41, 5.74) is 9.58. The second-order valence-electron chi connectivity index (χ2n) is 6.18. The molecule has 0 amide bonds. The van der Waals surface area contributed by atoms with Gasteiger partial charge in [-0.25, -0.2) is 9.59 Å². The number of esters is 2. The molecule has 0 aliphatic heterocycles. The molecule has 0 heterocycles. The Morgan fingerprint density at radius 3 is 1.87 bits per heavy atom. The van der Waals surface area contributed by atoms with E-state index in [2.05, 4.69) is 0 Å². The monoisotopic (exact) mass is 416 g/mol. The lowest BCUT2D eigenvalue weighted by Gasteiger charge is -2.12. The van der Waals surface area contributed by atoms with Crippen molar-refractivity contribution in [3.8, 4) is 11.5 Å². The van der Waals surface area contributed by atoms with E-state index in [0.717, 1.165) is 12.1 Å². The molecule has 0 saturated heterocycles. The van der Waals surface area contributed by atoms with E-state index < -0.39 is 29.4 Å². The molecule has 0 saturated carbocycles. The summed E-state index contributed by atoms with van der Waals surface area (Å²) in [5, 5.41) is 0. The molecular formula is C21H15F3N2O4. The first-order valence-electron chi connectivity index (χ1n) is 8.50. The van der Waals surface area contributed by atoms with Crippen LogP contribution in [0.3, 0.4) is 0 Å². The van der Waals surface area contributed by atoms with Crippen molar-refractivity contribution in [2.45, 2.75) is 6.18 Å². The van der Waals surface area contributed by atoms with Crippen molar-refractivity contribution in [2.75, 3.05) is 11.5 Å². The summed E-state index contributed by atoms with van der Waals surface area (Å²) in [4.78, 5) is 24.4. The highest BCUT2D eigenvalue weighted by molar-refractivity contribution is 5.93. The molecule has 6 nitrogen and oxygen atoms in total. The first-order chi connectivity index (χ1) is 14.1. The summed E-state index contributed by atoms with van der Waals surface area (Å²) >= 11 is 0. The third-order valence-electron chi connectivity index (χ3n) is 3.94. The van der Waals surface area contributed by atoms with E-state index in [9.17, 15) is 22.8 Å². The highest BCUT2D eigenvalue weighted by atomic mass is 19.4. The number of rotatable bonds is 4. The minimum absolute atomic E-state index is 0.0248. The molecule has 154 valence electrons. The number of carbonyl (C=O) groups is 2. The number of carbonyl (C=O) groups excluding carboxylic acids is 2. The number of hydrogen-bond acceptors (Lipinski definition) is 6. The average Bonchev–Trinajstić information content (AvgIpc) is 2.67. The molecule has 0 aromatic heterocycles. The molecular weight excluding hydrogens is 401 g/mol. The summed E-state index contributed by atoms with van der Waals surface area (Å²) < 4.78 is 49.2. The summed E-state index contributed by atoms with van der Waals surface area (Å²) in [6.07, 6.45) is -4.71. The van der Waals surface area contributed by atoms with E-state index in [0.29, 0.717) is 11.8 Å². The molecule has 0 unspecified atom stereocenters. The van der Waals surface area contributed by atoms with Gasteiger partial charge in [0.15, 0.2) is 0 Å². The summed E-state index contributed by atoms with van der Waals surface area (Å²) in [6, 6.07) is 14.4. The Kier molecular flexibility index (Phi) is 5.63. The molecule has 0 aliphatic carbocycles. The Labute approximate surface area is 168 Å². The zero-order chi connectivity index (χ0) is 21.9. The number of hydrogen-bond donors (Lipinski definition) is 2. The molecule has 0 atom stereocenters. The number of halogens is 3. The highest BCUT2D eigenvalue weighted by Crippen LogP contribution is 2.34. The number of alkyl halides is 3. The predicted molar refractivity (Wildman–Crippen MR) is 103 cm³/mol. The minimum atomic E-state index is -4.71. The van der Waals surface area contributed by atoms with Crippen LogP contribution < -0.4 is 20.9 Å². The lowest BCUT2D eigenvalue weighted by atomic mass is 10.1. The average molecular weight is 416 g/mol. The van der Waals surface area contributed by atoms with Crippen molar-refractivity contribution in [3.05, 3.63) is 83.4 Å². The van der Waals surface area contributed by atoms with Gasteiger partial charge in [-0.1, -0.05) is 12.1 Å². The van der Waals surface area contributed by atoms with Gasteiger partial charge in [-0.3, -0.25) is 0 Å². The second-order valence-corrected chi connectivity index (χ2v) is 6.18. The van der Waals surface area contributed by atoms with Gasteiger partial charge in [0.25, 0.3) is 0 Å². The maximum absolute atomic E-state index is 13.0. The van der Waals surface area contributed by atoms with Crippen LogP contribution in [-0.2, 0) is 6.18 Å². The molecule has 3 rings (SSSR count). The minimum Gasteiger partial charge on any atom is -0.423 e. The maximum atomic E-state index is 13.0. The molecule has 9 heteroatoms. The number of anilines is 2. The first kappa shape index (κ1) is 20.7. The third-order valence-corrected chi connectivity index (χ3v) is 3.94. The fourth-order valence-electron chi connectivity index (χ4n) is 2.53. The SMILES string of the molecule is Nc1cccc(C(=O)Oc2cccc(OC(=O)c3ccc(N)c(C(F)(F)F)c3)c2)c1. The molecule has 0 aliphatic rings. The van der Waals surface area contributed by atoms with Crippen molar-refractivity contribution in [1.29, 1.82) is 0 Å². The van der Waals surface area contributed by atoms with Gasteiger partial charge in [0, 0.05) is 17.4 Å². The number of ether oxygens (including phenoxy) is 2. The zero-order valence-corrected chi connectivity index (χ0v) is 15.3. The van der Waals surface area contributed by atoms with E-state index >= 15 is 0 Å². The fraction of sp³-hybridized carbons (Fsp3) is 0.0476. The maximum Gasteiger partial charge on any atom is 0.418 e. The smallest absolute Gasteiger partial charge is 0.418 e. The summed E-state index contributed by atoms with van der Waals surface area (Å²) in [7, 11) is 0. The normalized spacial score (nSPS) is 11.0. The quantitative estimate of drug-likeness (QED) is 0.373.